The van der Waals surface area contributed by atoms with Gasteiger partial charge < -0.3 is 10.1 Å². The lowest BCUT2D eigenvalue weighted by atomic mass is 9.99. The van der Waals surface area contributed by atoms with Crippen molar-refractivity contribution in [3.63, 3.8) is 0 Å². The lowest BCUT2D eigenvalue weighted by Crippen LogP contribution is -2.30. The molecule has 0 atom stereocenters. The molecule has 0 spiro atoms. The van der Waals surface area contributed by atoms with Gasteiger partial charge in [-0.15, -0.1) is 12.4 Å². The molecule has 0 aromatic carbocycles. The Hall–Kier alpha value is 0.210. The fourth-order valence-corrected chi connectivity index (χ4v) is 1.54. The van der Waals surface area contributed by atoms with Gasteiger partial charge in [-0.2, -0.15) is 0 Å². The second kappa shape index (κ2) is 8.79. The van der Waals surface area contributed by atoms with Gasteiger partial charge >= 0.3 is 0 Å². The van der Waals surface area contributed by atoms with E-state index in [0.717, 1.165) is 19.1 Å². The highest BCUT2D eigenvalue weighted by molar-refractivity contribution is 5.85. The van der Waals surface area contributed by atoms with E-state index in [1.165, 1.54) is 38.8 Å². The minimum absolute atomic E-state index is 0. The van der Waals surface area contributed by atoms with Crippen LogP contribution in [0, 0.1) is 5.92 Å². The number of unbranched alkanes of at least 4 members (excludes halogenated alkanes) is 1. The van der Waals surface area contributed by atoms with Crippen molar-refractivity contribution < 1.29 is 4.74 Å². The molecule has 1 aliphatic heterocycles. The first-order valence-corrected chi connectivity index (χ1v) is 5.22. The van der Waals surface area contributed by atoms with Crippen LogP contribution in [0.4, 0.5) is 0 Å². The van der Waals surface area contributed by atoms with E-state index in [9.17, 15) is 0 Å². The molecule has 1 rings (SSSR count). The van der Waals surface area contributed by atoms with Gasteiger partial charge in [-0.25, -0.2) is 0 Å². The van der Waals surface area contributed by atoms with Gasteiger partial charge in [0.1, 0.15) is 0 Å². The van der Waals surface area contributed by atoms with Crippen molar-refractivity contribution in [2.24, 2.45) is 5.92 Å². The molecule has 0 saturated carbocycles. The van der Waals surface area contributed by atoms with Gasteiger partial charge in [0.2, 0.25) is 0 Å². The number of halogens is 1. The number of ether oxygens (including phenoxy) is 1. The largest absolute Gasteiger partial charge is 0.381 e. The predicted molar refractivity (Wildman–Crippen MR) is 58.6 cm³/mol. The van der Waals surface area contributed by atoms with Crippen LogP contribution in [0.25, 0.3) is 0 Å². The molecule has 0 aliphatic carbocycles. The molecular formula is C10H22ClNO. The lowest BCUT2D eigenvalue weighted by Gasteiger charge is -2.22. The summed E-state index contributed by atoms with van der Waals surface area (Å²) in [5.74, 6) is 0.822. The highest BCUT2D eigenvalue weighted by atomic mass is 35.5. The Morgan fingerprint density at radius 1 is 1.31 bits per heavy atom. The molecule has 0 amide bonds. The van der Waals surface area contributed by atoms with Crippen LogP contribution in [0.1, 0.15) is 32.6 Å². The van der Waals surface area contributed by atoms with E-state index in [1.807, 2.05) is 0 Å². The second-order valence-corrected chi connectivity index (χ2v) is 3.62. The Balaban J connectivity index is 0.00000144. The quantitative estimate of drug-likeness (QED) is 0.699. The molecule has 0 unspecified atom stereocenters. The van der Waals surface area contributed by atoms with Crippen molar-refractivity contribution in [3.8, 4) is 0 Å². The maximum absolute atomic E-state index is 5.59. The molecule has 0 aromatic rings. The molecule has 1 N–H and O–H groups in total. The fraction of sp³-hybridized carbons (Fsp3) is 1.00. The number of nitrogens with one attached hydrogen (secondary N) is 1. The van der Waals surface area contributed by atoms with Crippen molar-refractivity contribution in [2.45, 2.75) is 32.6 Å². The van der Waals surface area contributed by atoms with Gasteiger partial charge in [0.05, 0.1) is 0 Å². The lowest BCUT2D eigenvalue weighted by molar-refractivity contribution is 0.0859. The first kappa shape index (κ1) is 13.2. The molecule has 0 radical (unpaired) electrons. The zero-order chi connectivity index (χ0) is 8.65. The highest BCUT2D eigenvalue weighted by Gasteiger charge is 2.12. The minimum Gasteiger partial charge on any atom is -0.381 e. The zero-order valence-electron chi connectivity index (χ0n) is 8.55. The van der Waals surface area contributed by atoms with Crippen molar-refractivity contribution in [1.82, 2.24) is 5.32 Å². The normalized spacial score (nSPS) is 18.2. The van der Waals surface area contributed by atoms with Crippen LogP contribution >= 0.6 is 12.4 Å². The molecule has 1 fully saturated rings. The van der Waals surface area contributed by atoms with Gasteiger partial charge in [-0.1, -0.05) is 13.3 Å². The summed E-state index contributed by atoms with van der Waals surface area (Å²) < 4.78 is 5.59. The summed E-state index contributed by atoms with van der Waals surface area (Å²) in [5.41, 5.74) is 0. The van der Waals surface area contributed by atoms with E-state index in [-0.39, 0.29) is 12.4 Å². The van der Waals surface area contributed by atoms with E-state index in [0.29, 0.717) is 0 Å². The molecule has 0 aromatic heterocycles. The number of hydrogen-bond acceptors (Lipinski definition) is 2. The molecule has 80 valence electrons. The van der Waals surface area contributed by atoms with Crippen LogP contribution < -0.4 is 5.32 Å². The molecule has 3 heteroatoms. The Morgan fingerprint density at radius 2 is 2.00 bits per heavy atom. The first-order chi connectivity index (χ1) is 5.93. The van der Waals surface area contributed by atoms with E-state index >= 15 is 0 Å². The summed E-state index contributed by atoms with van der Waals surface area (Å²) in [7, 11) is 0. The van der Waals surface area contributed by atoms with Crippen molar-refractivity contribution in [2.75, 3.05) is 26.3 Å². The van der Waals surface area contributed by atoms with E-state index in [1.54, 1.807) is 0 Å². The van der Waals surface area contributed by atoms with Crippen LogP contribution in [0.2, 0.25) is 0 Å². The summed E-state index contributed by atoms with van der Waals surface area (Å²) >= 11 is 0. The van der Waals surface area contributed by atoms with Crippen LogP contribution in [-0.2, 0) is 4.74 Å². The molecule has 2 nitrogen and oxygen atoms in total. The molecule has 1 aliphatic rings. The Labute approximate surface area is 87.8 Å². The van der Waals surface area contributed by atoms with Crippen molar-refractivity contribution in [3.05, 3.63) is 0 Å². The topological polar surface area (TPSA) is 21.3 Å². The molecule has 0 bridgehead atoms. The van der Waals surface area contributed by atoms with Crippen LogP contribution in [0.15, 0.2) is 0 Å². The summed E-state index contributed by atoms with van der Waals surface area (Å²) in [5, 5.41) is 3.36. The van der Waals surface area contributed by atoms with E-state index < -0.39 is 0 Å². The summed E-state index contributed by atoms with van der Waals surface area (Å²) in [6.45, 7) is 6.51. The summed E-state index contributed by atoms with van der Waals surface area (Å²) in [6, 6.07) is 0. The zero-order valence-corrected chi connectivity index (χ0v) is 9.37. The first-order valence-electron chi connectivity index (χ1n) is 5.22. The number of piperidine rings is 1. The monoisotopic (exact) mass is 207 g/mol. The van der Waals surface area contributed by atoms with Crippen LogP contribution in [-0.4, -0.2) is 26.3 Å². The Kier molecular flexibility index (Phi) is 8.93. The standard InChI is InChI=1S/C10H21NO.ClH/c1-2-3-8-12-9-10-4-6-11-7-5-10;/h10-11H,2-9H2,1H3;1H. The van der Waals surface area contributed by atoms with Crippen LogP contribution in [0.5, 0.6) is 0 Å². The summed E-state index contributed by atoms with van der Waals surface area (Å²) in [4.78, 5) is 0. The molecule has 13 heavy (non-hydrogen) atoms. The van der Waals surface area contributed by atoms with Crippen molar-refractivity contribution >= 4 is 12.4 Å². The SMILES string of the molecule is CCCCOCC1CCNCC1.Cl. The summed E-state index contributed by atoms with van der Waals surface area (Å²) in [6.07, 6.45) is 5.05. The molecule has 1 saturated heterocycles. The third-order valence-electron chi connectivity index (χ3n) is 2.45. The van der Waals surface area contributed by atoms with Gasteiger partial charge in [-0.05, 0) is 38.3 Å². The smallest absolute Gasteiger partial charge is 0.0495 e. The van der Waals surface area contributed by atoms with Gasteiger partial charge in [0.25, 0.3) is 0 Å². The van der Waals surface area contributed by atoms with E-state index in [4.69, 9.17) is 4.74 Å². The van der Waals surface area contributed by atoms with E-state index in [2.05, 4.69) is 12.2 Å². The third kappa shape index (κ3) is 6.30. The van der Waals surface area contributed by atoms with Gasteiger partial charge in [-0.3, -0.25) is 0 Å². The maximum Gasteiger partial charge on any atom is 0.0495 e. The minimum atomic E-state index is 0. The number of hydrogen-bond donors (Lipinski definition) is 1. The van der Waals surface area contributed by atoms with Gasteiger partial charge in [0, 0.05) is 13.2 Å². The second-order valence-electron chi connectivity index (χ2n) is 3.62. The van der Waals surface area contributed by atoms with Gasteiger partial charge in [0.15, 0.2) is 0 Å². The third-order valence-corrected chi connectivity index (χ3v) is 2.45. The maximum atomic E-state index is 5.59. The Bertz CT molecular complexity index is 105. The molecule has 1 heterocycles. The number of rotatable bonds is 5. The van der Waals surface area contributed by atoms with Crippen molar-refractivity contribution in [1.29, 1.82) is 0 Å². The molecular weight excluding hydrogens is 186 g/mol. The average molecular weight is 208 g/mol. The van der Waals surface area contributed by atoms with Crippen LogP contribution in [0.3, 0.4) is 0 Å². The fourth-order valence-electron chi connectivity index (χ4n) is 1.54. The predicted octanol–water partition coefficient (Wildman–Crippen LogP) is 2.22. The Morgan fingerprint density at radius 3 is 2.62 bits per heavy atom. The average Bonchev–Trinajstić information content (AvgIpc) is 2.14. The highest BCUT2D eigenvalue weighted by Crippen LogP contribution is 2.11.